The van der Waals surface area contributed by atoms with Gasteiger partial charge in [-0.1, -0.05) is 38.0 Å². The van der Waals surface area contributed by atoms with E-state index in [2.05, 4.69) is 12.0 Å². The Morgan fingerprint density at radius 3 is 2.69 bits per heavy atom. The van der Waals surface area contributed by atoms with Crippen molar-refractivity contribution in [2.45, 2.75) is 70.8 Å². The molecule has 0 aliphatic carbocycles. The van der Waals surface area contributed by atoms with Crippen LogP contribution >= 0.6 is 7.75 Å². The summed E-state index contributed by atoms with van der Waals surface area (Å²) in [6.45, 7) is 5.71. The molecule has 0 spiro atoms. The molecule has 1 aliphatic heterocycles. The lowest BCUT2D eigenvalue weighted by Crippen LogP contribution is -2.37. The lowest BCUT2D eigenvalue weighted by atomic mass is 10.2. The fourth-order valence-corrected chi connectivity index (χ4v) is 4.32. The van der Waals surface area contributed by atoms with E-state index in [1.807, 2.05) is 6.92 Å². The number of aliphatic hydroxyl groups is 1. The first-order valence-electron chi connectivity index (χ1n) is 10.1. The monoisotopic (exact) mass is 429 g/mol. The van der Waals surface area contributed by atoms with Crippen LogP contribution in [0.3, 0.4) is 0 Å². The minimum absolute atomic E-state index is 0.132. The van der Waals surface area contributed by atoms with E-state index in [0.717, 1.165) is 19.3 Å². The van der Waals surface area contributed by atoms with Crippen molar-refractivity contribution in [2.75, 3.05) is 13.2 Å². The van der Waals surface area contributed by atoms with Crippen molar-refractivity contribution >= 4 is 13.7 Å². The summed E-state index contributed by atoms with van der Waals surface area (Å²) in [6, 6.07) is 7.62. The van der Waals surface area contributed by atoms with Crippen molar-refractivity contribution in [1.29, 1.82) is 0 Å². The molecule has 1 heterocycles. The molecule has 0 saturated carbocycles. The van der Waals surface area contributed by atoms with Gasteiger partial charge in [0.25, 0.3) is 0 Å². The third-order valence-corrected chi connectivity index (χ3v) is 6.18. The highest BCUT2D eigenvalue weighted by Gasteiger charge is 2.36. The number of hydrogen-bond acceptors (Lipinski definition) is 7. The van der Waals surface area contributed by atoms with E-state index >= 15 is 0 Å². The highest BCUT2D eigenvalue weighted by Crippen LogP contribution is 2.45. The van der Waals surface area contributed by atoms with Crippen molar-refractivity contribution in [3.8, 4) is 5.75 Å². The van der Waals surface area contributed by atoms with E-state index in [1.165, 1.54) is 0 Å². The molecule has 0 amide bonds. The highest BCUT2D eigenvalue weighted by atomic mass is 31.2. The Morgan fingerprint density at radius 2 is 2.07 bits per heavy atom. The zero-order valence-corrected chi connectivity index (χ0v) is 18.2. The Hall–Kier alpha value is -1.44. The molecule has 1 fully saturated rings. The van der Waals surface area contributed by atoms with Gasteiger partial charge in [0.1, 0.15) is 17.9 Å². The number of benzene rings is 1. The number of rotatable bonds is 12. The average molecular weight is 429 g/mol. The molecule has 0 aromatic heterocycles. The number of nitrogens with one attached hydrogen (secondary N) is 1. The third-order valence-electron chi connectivity index (χ3n) is 4.54. The van der Waals surface area contributed by atoms with E-state index in [0.29, 0.717) is 18.8 Å². The zero-order chi connectivity index (χ0) is 21.3. The molecule has 2 rings (SSSR count). The lowest BCUT2D eigenvalue weighted by molar-refractivity contribution is -0.150. The Bertz CT molecular complexity index is 672. The summed E-state index contributed by atoms with van der Waals surface area (Å²) >= 11 is 0. The maximum absolute atomic E-state index is 13.3. The molecule has 8 nitrogen and oxygen atoms in total. The van der Waals surface area contributed by atoms with Crippen LogP contribution in [0.2, 0.25) is 0 Å². The second kappa shape index (κ2) is 11.7. The second-order valence-corrected chi connectivity index (χ2v) is 8.90. The summed E-state index contributed by atoms with van der Waals surface area (Å²) in [5.41, 5.74) is 0. The molecule has 1 aliphatic rings. The van der Waals surface area contributed by atoms with E-state index in [4.69, 9.17) is 18.5 Å². The second-order valence-electron chi connectivity index (χ2n) is 7.20. The van der Waals surface area contributed by atoms with Crippen LogP contribution in [0, 0.1) is 0 Å². The van der Waals surface area contributed by atoms with Crippen molar-refractivity contribution in [3.63, 3.8) is 0 Å². The van der Waals surface area contributed by atoms with Gasteiger partial charge >= 0.3 is 13.7 Å². The van der Waals surface area contributed by atoms with Gasteiger partial charge in [-0.15, -0.1) is 0 Å². The summed E-state index contributed by atoms with van der Waals surface area (Å²) in [7, 11) is -3.94. The first-order chi connectivity index (χ1) is 13.8. The first kappa shape index (κ1) is 23.8. The molecule has 5 atom stereocenters. The number of ether oxygens (including phenoxy) is 2. The maximum atomic E-state index is 13.3. The van der Waals surface area contributed by atoms with E-state index in [1.54, 1.807) is 37.3 Å². The van der Waals surface area contributed by atoms with Gasteiger partial charge in [0.05, 0.1) is 18.8 Å². The van der Waals surface area contributed by atoms with Gasteiger partial charge in [0.15, 0.2) is 0 Å². The first-order valence-corrected chi connectivity index (χ1v) is 11.6. The molecule has 0 bridgehead atoms. The Kier molecular flexibility index (Phi) is 9.59. The predicted octanol–water partition coefficient (Wildman–Crippen LogP) is 3.44. The van der Waals surface area contributed by atoms with Gasteiger partial charge in [-0.05, 0) is 38.8 Å². The number of carbonyl (C=O) groups excluding carboxylic acids is 1. The van der Waals surface area contributed by atoms with E-state index in [-0.39, 0.29) is 12.7 Å². The van der Waals surface area contributed by atoms with Gasteiger partial charge in [-0.2, -0.15) is 5.09 Å². The Morgan fingerprint density at radius 1 is 1.34 bits per heavy atom. The molecule has 29 heavy (non-hydrogen) atoms. The topological polar surface area (TPSA) is 103 Å². The Balaban J connectivity index is 2.01. The third kappa shape index (κ3) is 8.07. The quantitative estimate of drug-likeness (QED) is 0.385. The fraction of sp³-hybridized carbons (Fsp3) is 0.650. The Labute approximate surface area is 172 Å². The SMILES string of the molecule is CCCCC(C)OC(=O)[C@H](C)NP(=O)(OC[C@H]1OCC[C@H]1O)Oc1ccccc1. The van der Waals surface area contributed by atoms with Crippen molar-refractivity contribution < 1.29 is 33.0 Å². The minimum Gasteiger partial charge on any atom is -0.462 e. The highest BCUT2D eigenvalue weighted by molar-refractivity contribution is 7.52. The number of esters is 1. The molecule has 2 unspecified atom stereocenters. The number of carbonyl (C=O) groups is 1. The summed E-state index contributed by atoms with van der Waals surface area (Å²) < 4.78 is 35.2. The molecule has 1 aromatic rings. The van der Waals surface area contributed by atoms with Crippen LogP contribution in [-0.4, -0.2) is 48.6 Å². The largest absolute Gasteiger partial charge is 0.462 e. The van der Waals surface area contributed by atoms with Gasteiger partial charge < -0.3 is 19.1 Å². The van der Waals surface area contributed by atoms with Gasteiger partial charge in [-0.25, -0.2) is 4.57 Å². The summed E-state index contributed by atoms with van der Waals surface area (Å²) in [5, 5.41) is 12.5. The molecular weight excluding hydrogens is 397 g/mol. The average Bonchev–Trinajstić information content (AvgIpc) is 3.10. The van der Waals surface area contributed by atoms with Crippen LogP contribution in [-0.2, 0) is 23.4 Å². The van der Waals surface area contributed by atoms with Gasteiger partial charge in [0, 0.05) is 6.61 Å². The normalized spacial score (nSPS) is 23.2. The fourth-order valence-electron chi connectivity index (χ4n) is 2.82. The number of hydrogen-bond donors (Lipinski definition) is 2. The maximum Gasteiger partial charge on any atom is 0.459 e. The van der Waals surface area contributed by atoms with Crippen LogP contribution in [0.4, 0.5) is 0 Å². The van der Waals surface area contributed by atoms with Crippen LogP contribution < -0.4 is 9.61 Å². The molecule has 2 N–H and O–H groups in total. The van der Waals surface area contributed by atoms with Crippen LogP contribution in [0.25, 0.3) is 0 Å². The number of unbranched alkanes of at least 4 members (excludes halogenated alkanes) is 1. The molecule has 164 valence electrons. The summed E-state index contributed by atoms with van der Waals surface area (Å²) in [6.07, 6.45) is 1.70. The van der Waals surface area contributed by atoms with Gasteiger partial charge in [0.2, 0.25) is 0 Å². The molecule has 1 aromatic carbocycles. The molecule has 0 radical (unpaired) electrons. The summed E-state index contributed by atoms with van der Waals surface area (Å²) in [4.78, 5) is 12.4. The van der Waals surface area contributed by atoms with Crippen LogP contribution in [0.5, 0.6) is 5.75 Å². The van der Waals surface area contributed by atoms with E-state index in [9.17, 15) is 14.5 Å². The minimum atomic E-state index is -3.94. The predicted molar refractivity (Wildman–Crippen MR) is 109 cm³/mol. The lowest BCUT2D eigenvalue weighted by Gasteiger charge is -2.25. The molecule has 9 heteroatoms. The smallest absolute Gasteiger partial charge is 0.459 e. The van der Waals surface area contributed by atoms with Crippen molar-refractivity contribution in [1.82, 2.24) is 5.09 Å². The summed E-state index contributed by atoms with van der Waals surface area (Å²) in [5.74, 6) is -0.209. The zero-order valence-electron chi connectivity index (χ0n) is 17.3. The van der Waals surface area contributed by atoms with E-state index < -0.39 is 32.0 Å². The van der Waals surface area contributed by atoms with Crippen LogP contribution in [0.15, 0.2) is 30.3 Å². The number of para-hydroxylation sites is 1. The number of aliphatic hydroxyl groups excluding tert-OH is 1. The van der Waals surface area contributed by atoms with Crippen molar-refractivity contribution in [3.05, 3.63) is 30.3 Å². The van der Waals surface area contributed by atoms with Crippen LogP contribution in [0.1, 0.15) is 46.5 Å². The van der Waals surface area contributed by atoms with Gasteiger partial charge in [-0.3, -0.25) is 9.32 Å². The standard InChI is InChI=1S/C20H32NO7P/c1-4-5-9-15(2)27-20(23)16(3)21-29(24,28-17-10-7-6-8-11-17)26-14-19-18(22)12-13-25-19/h6-8,10-11,15-16,18-19,22H,4-5,9,12-14H2,1-3H3,(H,21,24)/t15?,16-,18+,19+,29?/m0/s1. The van der Waals surface area contributed by atoms with Crippen molar-refractivity contribution in [2.24, 2.45) is 0 Å². The molecule has 1 saturated heterocycles. The molecular formula is C20H32NO7P.